The molecule has 2 aromatic carbocycles. The molecule has 0 radical (unpaired) electrons. The molecule has 0 amide bonds. The van der Waals surface area contributed by atoms with Gasteiger partial charge < -0.3 is 15.8 Å². The maximum Gasteiger partial charge on any atom is 0.328 e. The van der Waals surface area contributed by atoms with Gasteiger partial charge in [-0.25, -0.2) is 24.2 Å². The maximum atomic E-state index is 11.5. The topological polar surface area (TPSA) is 153 Å². The van der Waals surface area contributed by atoms with Crippen LogP contribution in [0, 0.1) is 0 Å². The van der Waals surface area contributed by atoms with E-state index in [9.17, 15) is 18.3 Å². The molecule has 9 heteroatoms. The van der Waals surface area contributed by atoms with Crippen molar-refractivity contribution in [2.75, 3.05) is 0 Å². The van der Waals surface area contributed by atoms with Gasteiger partial charge in [-0.2, -0.15) is 0 Å². The SMILES string of the molecule is N/C(=C\N(N)C(Cc1ccccc1)C(=O)O)c1ccc(S(N)(=O)=O)cc1. The minimum absolute atomic E-state index is 0.0499. The van der Waals surface area contributed by atoms with Gasteiger partial charge in [0, 0.05) is 12.6 Å². The van der Waals surface area contributed by atoms with Gasteiger partial charge in [-0.05, 0) is 23.3 Å². The summed E-state index contributed by atoms with van der Waals surface area (Å²) < 4.78 is 22.5. The molecule has 0 fully saturated rings. The third-order valence-electron chi connectivity index (χ3n) is 3.72. The number of aliphatic carboxylic acids is 1. The van der Waals surface area contributed by atoms with Crippen molar-refractivity contribution in [3.63, 3.8) is 0 Å². The van der Waals surface area contributed by atoms with Gasteiger partial charge in [-0.15, -0.1) is 0 Å². The summed E-state index contributed by atoms with van der Waals surface area (Å²) >= 11 is 0. The van der Waals surface area contributed by atoms with Crippen molar-refractivity contribution in [2.24, 2.45) is 16.7 Å². The monoisotopic (exact) mass is 376 g/mol. The number of carboxylic acid groups (broad SMARTS) is 1. The lowest BCUT2D eigenvalue weighted by Gasteiger charge is -2.23. The highest BCUT2D eigenvalue weighted by molar-refractivity contribution is 7.89. The first-order valence-electron chi connectivity index (χ1n) is 7.59. The lowest BCUT2D eigenvalue weighted by molar-refractivity contribution is -0.142. The van der Waals surface area contributed by atoms with Gasteiger partial charge in [0.15, 0.2) is 0 Å². The second-order valence-electron chi connectivity index (χ2n) is 5.64. The molecule has 0 aliphatic carbocycles. The van der Waals surface area contributed by atoms with Crippen LogP contribution < -0.4 is 16.7 Å². The van der Waals surface area contributed by atoms with Crippen molar-refractivity contribution in [1.29, 1.82) is 0 Å². The zero-order valence-corrected chi connectivity index (χ0v) is 14.6. The summed E-state index contributed by atoms with van der Waals surface area (Å²) in [6.07, 6.45) is 1.49. The molecule has 0 bridgehead atoms. The number of primary sulfonamides is 1. The van der Waals surface area contributed by atoms with E-state index in [0.717, 1.165) is 10.6 Å². The molecule has 138 valence electrons. The fourth-order valence-electron chi connectivity index (χ4n) is 2.32. The number of nitrogens with two attached hydrogens (primary N) is 3. The predicted molar refractivity (Wildman–Crippen MR) is 97.6 cm³/mol. The first kappa shape index (κ1) is 19.4. The van der Waals surface area contributed by atoms with Crippen molar-refractivity contribution in [2.45, 2.75) is 17.4 Å². The van der Waals surface area contributed by atoms with Crippen LogP contribution in [0.1, 0.15) is 11.1 Å². The van der Waals surface area contributed by atoms with Gasteiger partial charge in [-0.1, -0.05) is 42.5 Å². The zero-order valence-electron chi connectivity index (χ0n) is 13.8. The first-order chi connectivity index (χ1) is 12.2. The molecule has 7 N–H and O–H groups in total. The molecule has 8 nitrogen and oxygen atoms in total. The van der Waals surface area contributed by atoms with Crippen molar-refractivity contribution >= 4 is 21.7 Å². The Morgan fingerprint density at radius 3 is 2.19 bits per heavy atom. The van der Waals surface area contributed by atoms with Crippen LogP contribution in [0.2, 0.25) is 0 Å². The summed E-state index contributed by atoms with van der Waals surface area (Å²) in [6, 6.07) is 13.6. The molecule has 2 aromatic rings. The molecule has 2 rings (SSSR count). The molecule has 26 heavy (non-hydrogen) atoms. The van der Waals surface area contributed by atoms with Crippen LogP contribution in [0.3, 0.4) is 0 Å². The predicted octanol–water partition coefficient (Wildman–Crippen LogP) is 0.463. The van der Waals surface area contributed by atoms with Crippen molar-refractivity contribution in [3.05, 3.63) is 71.9 Å². The summed E-state index contributed by atoms with van der Waals surface area (Å²) in [7, 11) is -3.80. The summed E-state index contributed by atoms with van der Waals surface area (Å²) in [5.41, 5.74) is 7.44. The third-order valence-corrected chi connectivity index (χ3v) is 4.65. The van der Waals surface area contributed by atoms with Crippen LogP contribution in [-0.2, 0) is 21.2 Å². The average Bonchev–Trinajstić information content (AvgIpc) is 2.59. The average molecular weight is 376 g/mol. The van der Waals surface area contributed by atoms with E-state index in [1.54, 1.807) is 0 Å². The zero-order chi connectivity index (χ0) is 19.3. The molecular weight excluding hydrogens is 356 g/mol. The number of sulfonamides is 1. The molecule has 0 saturated carbocycles. The van der Waals surface area contributed by atoms with Gasteiger partial charge in [-0.3, -0.25) is 0 Å². The van der Waals surface area contributed by atoms with Gasteiger partial charge >= 0.3 is 5.97 Å². The van der Waals surface area contributed by atoms with E-state index < -0.39 is 22.0 Å². The number of benzene rings is 2. The van der Waals surface area contributed by atoms with Crippen molar-refractivity contribution < 1.29 is 18.3 Å². The third kappa shape index (κ3) is 5.06. The second-order valence-corrected chi connectivity index (χ2v) is 7.21. The number of nitrogens with zero attached hydrogens (tertiary/aromatic N) is 1. The number of carboxylic acids is 1. The number of hydrogen-bond acceptors (Lipinski definition) is 6. The second kappa shape index (κ2) is 8.00. The minimum atomic E-state index is -3.80. The lowest BCUT2D eigenvalue weighted by atomic mass is 10.1. The number of rotatable bonds is 7. The molecule has 0 aliphatic rings. The Hall–Kier alpha value is -2.88. The highest BCUT2D eigenvalue weighted by atomic mass is 32.2. The maximum absolute atomic E-state index is 11.5. The van der Waals surface area contributed by atoms with Gasteiger partial charge in [0.25, 0.3) is 0 Å². The number of hydrazine groups is 1. The smallest absolute Gasteiger partial charge is 0.328 e. The number of carbonyl (C=O) groups is 1. The molecule has 0 saturated heterocycles. The molecule has 0 aliphatic heterocycles. The fourth-order valence-corrected chi connectivity index (χ4v) is 2.84. The van der Waals surface area contributed by atoms with E-state index >= 15 is 0 Å². The van der Waals surface area contributed by atoms with E-state index in [1.807, 2.05) is 30.3 Å². The highest BCUT2D eigenvalue weighted by Crippen LogP contribution is 2.15. The molecule has 0 spiro atoms. The van der Waals surface area contributed by atoms with Crippen LogP contribution in [0.5, 0.6) is 0 Å². The Morgan fingerprint density at radius 2 is 1.69 bits per heavy atom. The molecule has 0 aromatic heterocycles. The lowest BCUT2D eigenvalue weighted by Crippen LogP contribution is -2.44. The standard InChI is InChI=1S/C17H20N4O4S/c18-15(13-6-8-14(9-7-13)26(20,24)25)11-21(19)16(17(22)23)10-12-4-2-1-3-5-12/h1-9,11,16H,10,18-19H2,(H,22,23)(H2,20,24,25)/b15-11-. The van der Waals surface area contributed by atoms with Gasteiger partial charge in [0.05, 0.1) is 10.6 Å². The van der Waals surface area contributed by atoms with Crippen LogP contribution in [0.15, 0.2) is 65.7 Å². The van der Waals surface area contributed by atoms with Crippen molar-refractivity contribution in [1.82, 2.24) is 5.01 Å². The Bertz CT molecular complexity index is 896. The molecule has 1 unspecified atom stereocenters. The van der Waals surface area contributed by atoms with Gasteiger partial charge in [0.2, 0.25) is 10.0 Å². The molecule has 0 heterocycles. The Labute approximate surface area is 151 Å². The number of hydrogen-bond donors (Lipinski definition) is 4. The quantitative estimate of drug-likeness (QED) is 0.404. The summed E-state index contributed by atoms with van der Waals surface area (Å²) in [4.78, 5) is 11.5. The van der Waals surface area contributed by atoms with Gasteiger partial charge in [0.1, 0.15) is 6.04 Å². The first-order valence-corrected chi connectivity index (χ1v) is 9.13. The summed E-state index contributed by atoms with van der Waals surface area (Å²) in [5.74, 6) is 4.79. The van der Waals surface area contributed by atoms with Crippen LogP contribution in [0.25, 0.3) is 5.70 Å². The van der Waals surface area contributed by atoms with Crippen LogP contribution in [-0.4, -0.2) is 30.5 Å². The summed E-state index contributed by atoms with van der Waals surface area (Å²) in [6.45, 7) is 0. The van der Waals surface area contributed by atoms with E-state index in [1.165, 1.54) is 30.5 Å². The van der Waals surface area contributed by atoms with Crippen LogP contribution in [0.4, 0.5) is 0 Å². The normalized spacial score (nSPS) is 13.2. The van der Waals surface area contributed by atoms with E-state index in [0.29, 0.717) is 5.56 Å². The highest BCUT2D eigenvalue weighted by Gasteiger charge is 2.22. The summed E-state index contributed by atoms with van der Waals surface area (Å²) in [5, 5.41) is 15.5. The van der Waals surface area contributed by atoms with E-state index in [-0.39, 0.29) is 17.0 Å². The Morgan fingerprint density at radius 1 is 1.12 bits per heavy atom. The fraction of sp³-hybridized carbons (Fsp3) is 0.118. The Kier molecular flexibility index (Phi) is 5.98. The van der Waals surface area contributed by atoms with Crippen LogP contribution >= 0.6 is 0 Å². The van der Waals surface area contributed by atoms with E-state index in [2.05, 4.69) is 0 Å². The molecule has 1 atom stereocenters. The minimum Gasteiger partial charge on any atom is -0.480 e. The Balaban J connectivity index is 2.20. The molecular formula is C17H20N4O4S. The van der Waals surface area contributed by atoms with Crippen molar-refractivity contribution in [3.8, 4) is 0 Å². The largest absolute Gasteiger partial charge is 0.480 e. The van der Waals surface area contributed by atoms with E-state index in [4.69, 9.17) is 16.7 Å².